The van der Waals surface area contributed by atoms with Crippen LogP contribution >= 0.6 is 0 Å². The molecule has 0 saturated carbocycles. The number of ether oxygens (including phenoxy) is 2. The summed E-state index contributed by atoms with van der Waals surface area (Å²) in [7, 11) is 1.50. The van der Waals surface area contributed by atoms with Crippen molar-refractivity contribution in [3.05, 3.63) is 40.8 Å². The van der Waals surface area contributed by atoms with E-state index in [1.54, 1.807) is 24.3 Å². The number of nitrogens with one attached hydrogen (secondary N) is 1. The third kappa shape index (κ3) is 6.14. The van der Waals surface area contributed by atoms with Gasteiger partial charge in [-0.3, -0.25) is 14.2 Å². The topological polar surface area (TPSA) is 111 Å². The number of hydrogen-bond donors (Lipinski definition) is 1. The Morgan fingerprint density at radius 2 is 2.14 bits per heavy atom. The largest absolute Gasteiger partial charge is 0.492 e. The number of hydrogen-bond acceptors (Lipinski definition) is 8. The monoisotopic (exact) mass is 498 g/mol. The van der Waals surface area contributed by atoms with E-state index in [1.807, 2.05) is 13.8 Å². The Hall–Kier alpha value is -3.60. The van der Waals surface area contributed by atoms with Gasteiger partial charge >= 0.3 is 0 Å². The zero-order valence-electron chi connectivity index (χ0n) is 20.7. The van der Waals surface area contributed by atoms with Crippen molar-refractivity contribution in [1.82, 2.24) is 29.7 Å². The van der Waals surface area contributed by atoms with E-state index in [4.69, 9.17) is 9.47 Å². The quantitative estimate of drug-likeness (QED) is 0.424. The average Bonchev–Trinajstić information content (AvgIpc) is 3.28. The maximum absolute atomic E-state index is 13.5. The Balaban J connectivity index is 1.61. The molecular formula is C25H31FN6O4. The van der Waals surface area contributed by atoms with E-state index < -0.39 is 11.7 Å². The maximum Gasteiger partial charge on any atom is 0.263 e. The van der Waals surface area contributed by atoms with Crippen LogP contribution in [0.3, 0.4) is 0 Å². The van der Waals surface area contributed by atoms with Crippen molar-refractivity contribution in [3.8, 4) is 23.1 Å². The van der Waals surface area contributed by atoms with Gasteiger partial charge in [0, 0.05) is 31.7 Å². The van der Waals surface area contributed by atoms with Gasteiger partial charge in [0.2, 0.25) is 11.8 Å². The standard InChI is InChI=1S/C25H31FN6O4/c1-16(2)28-21(33)15-32-24(20-6-4-7-22(29-20)35-3)30-23-19(25(32)34)12-18(13-27-23)36-11-5-9-31-10-8-17(26)14-31/h4,6-7,12-13,16-17H,5,8-11,14-15H2,1-3H3,(H,28,33)/t17-/m1/s1. The fourth-order valence-corrected chi connectivity index (χ4v) is 4.14. The normalized spacial score (nSPS) is 16.0. The van der Waals surface area contributed by atoms with Gasteiger partial charge in [-0.05, 0) is 38.8 Å². The van der Waals surface area contributed by atoms with Gasteiger partial charge in [0.25, 0.3) is 5.56 Å². The Bertz CT molecular complexity index is 1280. The maximum atomic E-state index is 13.5. The third-order valence-corrected chi connectivity index (χ3v) is 5.80. The van der Waals surface area contributed by atoms with Crippen LogP contribution in [0.25, 0.3) is 22.6 Å². The molecule has 1 fully saturated rings. The van der Waals surface area contributed by atoms with Crippen LogP contribution in [-0.4, -0.2) is 75.9 Å². The number of methoxy groups -OCH3 is 1. The van der Waals surface area contributed by atoms with E-state index in [9.17, 15) is 14.0 Å². The van der Waals surface area contributed by atoms with Gasteiger partial charge in [-0.2, -0.15) is 0 Å². The van der Waals surface area contributed by atoms with E-state index in [1.165, 1.54) is 17.9 Å². The number of nitrogens with zero attached hydrogens (tertiary/aromatic N) is 5. The molecule has 11 heteroatoms. The Kier molecular flexibility index (Phi) is 8.09. The Labute approximate surface area is 208 Å². The minimum absolute atomic E-state index is 0.0852. The van der Waals surface area contributed by atoms with Gasteiger partial charge < -0.3 is 19.7 Å². The summed E-state index contributed by atoms with van der Waals surface area (Å²) in [5, 5.41) is 3.03. The van der Waals surface area contributed by atoms with Crippen molar-refractivity contribution in [2.24, 2.45) is 0 Å². The summed E-state index contributed by atoms with van der Waals surface area (Å²) in [5.41, 5.74) is 0.173. The molecule has 1 aliphatic rings. The summed E-state index contributed by atoms with van der Waals surface area (Å²) in [6, 6.07) is 6.61. The van der Waals surface area contributed by atoms with E-state index in [-0.39, 0.29) is 35.4 Å². The molecule has 0 spiro atoms. The summed E-state index contributed by atoms with van der Waals surface area (Å²) in [6.45, 7) is 5.84. The average molecular weight is 499 g/mol. The highest BCUT2D eigenvalue weighted by atomic mass is 19.1. The Morgan fingerprint density at radius 3 is 2.86 bits per heavy atom. The number of carbonyl (C=O) groups is 1. The predicted molar refractivity (Wildman–Crippen MR) is 133 cm³/mol. The molecule has 4 heterocycles. The lowest BCUT2D eigenvalue weighted by molar-refractivity contribution is -0.122. The van der Waals surface area contributed by atoms with Crippen LogP contribution < -0.4 is 20.3 Å². The molecule has 10 nitrogen and oxygen atoms in total. The second-order valence-electron chi connectivity index (χ2n) is 9.04. The number of rotatable bonds is 10. The zero-order chi connectivity index (χ0) is 25.7. The minimum Gasteiger partial charge on any atom is -0.492 e. The molecule has 1 saturated heterocycles. The summed E-state index contributed by atoms with van der Waals surface area (Å²) in [4.78, 5) is 41.5. The number of likely N-dealkylation sites (tertiary alicyclic amines) is 1. The fourth-order valence-electron chi connectivity index (χ4n) is 4.14. The number of carbonyl (C=O) groups excluding carboxylic acids is 1. The smallest absolute Gasteiger partial charge is 0.263 e. The van der Waals surface area contributed by atoms with Crippen LogP contribution in [0.2, 0.25) is 0 Å². The van der Waals surface area contributed by atoms with E-state index >= 15 is 0 Å². The van der Waals surface area contributed by atoms with Crippen LogP contribution in [0.15, 0.2) is 35.3 Å². The molecule has 1 atom stereocenters. The highest BCUT2D eigenvalue weighted by Gasteiger charge is 2.21. The molecule has 3 aromatic rings. The first-order valence-electron chi connectivity index (χ1n) is 12.0. The van der Waals surface area contributed by atoms with Crippen molar-refractivity contribution in [2.45, 2.75) is 45.4 Å². The number of aromatic nitrogens is 4. The van der Waals surface area contributed by atoms with Gasteiger partial charge in [-0.1, -0.05) is 6.07 Å². The highest BCUT2D eigenvalue weighted by molar-refractivity contribution is 5.80. The summed E-state index contributed by atoms with van der Waals surface area (Å²) in [6.07, 6.45) is 2.08. The van der Waals surface area contributed by atoms with Crippen LogP contribution in [-0.2, 0) is 11.3 Å². The summed E-state index contributed by atoms with van der Waals surface area (Å²) >= 11 is 0. The molecule has 36 heavy (non-hydrogen) atoms. The molecular weight excluding hydrogens is 467 g/mol. The van der Waals surface area contributed by atoms with Crippen molar-refractivity contribution in [2.75, 3.05) is 33.4 Å². The fraction of sp³-hybridized carbons (Fsp3) is 0.480. The number of alkyl halides is 1. The summed E-state index contributed by atoms with van der Waals surface area (Å²) < 4.78 is 25.6. The van der Waals surface area contributed by atoms with Crippen LogP contribution in [0.5, 0.6) is 11.6 Å². The molecule has 0 bridgehead atoms. The van der Waals surface area contributed by atoms with Gasteiger partial charge in [-0.25, -0.2) is 19.3 Å². The first-order valence-corrected chi connectivity index (χ1v) is 12.0. The van der Waals surface area contributed by atoms with Crippen LogP contribution in [0, 0.1) is 0 Å². The van der Waals surface area contributed by atoms with Gasteiger partial charge in [0.1, 0.15) is 24.2 Å². The third-order valence-electron chi connectivity index (χ3n) is 5.80. The predicted octanol–water partition coefficient (Wildman–Crippen LogP) is 2.20. The summed E-state index contributed by atoms with van der Waals surface area (Å²) in [5.74, 6) is 0.669. The number of halogens is 1. The van der Waals surface area contributed by atoms with Crippen molar-refractivity contribution >= 4 is 16.9 Å². The van der Waals surface area contributed by atoms with Crippen LogP contribution in [0.1, 0.15) is 26.7 Å². The lowest BCUT2D eigenvalue weighted by Crippen LogP contribution is -2.37. The zero-order valence-corrected chi connectivity index (χ0v) is 20.7. The molecule has 4 rings (SSSR count). The molecule has 0 aromatic carbocycles. The van der Waals surface area contributed by atoms with Gasteiger partial charge in [0.05, 0.1) is 25.3 Å². The molecule has 0 radical (unpaired) electrons. The van der Waals surface area contributed by atoms with Crippen molar-refractivity contribution in [1.29, 1.82) is 0 Å². The lowest BCUT2D eigenvalue weighted by Gasteiger charge is -2.15. The molecule has 0 unspecified atom stereocenters. The van der Waals surface area contributed by atoms with E-state index in [0.29, 0.717) is 36.9 Å². The second-order valence-corrected chi connectivity index (χ2v) is 9.04. The SMILES string of the molecule is COc1cccc(-c2nc3ncc(OCCCN4CC[C@@H](F)C4)cc3c(=O)n2CC(=O)NC(C)C)n1. The molecule has 1 amide bonds. The molecule has 3 aromatic heterocycles. The molecule has 1 aliphatic heterocycles. The lowest BCUT2D eigenvalue weighted by atomic mass is 10.2. The Morgan fingerprint density at radius 1 is 1.31 bits per heavy atom. The van der Waals surface area contributed by atoms with Gasteiger partial charge in [-0.15, -0.1) is 0 Å². The van der Waals surface area contributed by atoms with Crippen molar-refractivity contribution in [3.63, 3.8) is 0 Å². The van der Waals surface area contributed by atoms with E-state index in [0.717, 1.165) is 19.5 Å². The number of fused-ring (bicyclic) bond motifs is 1. The first kappa shape index (κ1) is 25.5. The molecule has 0 aliphatic carbocycles. The van der Waals surface area contributed by atoms with Crippen molar-refractivity contribution < 1.29 is 18.7 Å². The number of pyridine rings is 2. The first-order chi connectivity index (χ1) is 17.3. The van der Waals surface area contributed by atoms with E-state index in [2.05, 4.69) is 25.2 Å². The molecule has 1 N–H and O–H groups in total. The van der Waals surface area contributed by atoms with Gasteiger partial charge in [0.15, 0.2) is 11.5 Å². The minimum atomic E-state index is -0.745. The molecule has 192 valence electrons. The number of amides is 1. The highest BCUT2D eigenvalue weighted by Crippen LogP contribution is 2.21. The second kappa shape index (κ2) is 11.4. The van der Waals surface area contributed by atoms with Crippen LogP contribution in [0.4, 0.5) is 4.39 Å².